The molecular weight excluding hydrogens is 439 g/mol. The van der Waals surface area contributed by atoms with E-state index in [0.29, 0.717) is 13.0 Å². The molecule has 0 saturated carbocycles. The Labute approximate surface area is 167 Å². The van der Waals surface area contributed by atoms with Crippen molar-refractivity contribution in [3.05, 3.63) is 34.9 Å². The Kier molecular flexibility index (Phi) is 12.7. The van der Waals surface area contributed by atoms with Gasteiger partial charge in [-0.25, -0.2) is 0 Å². The summed E-state index contributed by atoms with van der Waals surface area (Å²) in [5.74, 6) is 0.743. The second-order valence-electron chi connectivity index (χ2n) is 5.50. The molecule has 24 heavy (non-hydrogen) atoms. The SMILES string of the molecule is CCNC(=NCCC(=O)NC(C)C)NCCc1ccccc1Cl.I. The van der Waals surface area contributed by atoms with Crippen LogP contribution in [0.15, 0.2) is 29.3 Å². The van der Waals surface area contributed by atoms with Crippen molar-refractivity contribution in [2.24, 2.45) is 4.99 Å². The van der Waals surface area contributed by atoms with Crippen LogP contribution in [0, 0.1) is 0 Å². The highest BCUT2D eigenvalue weighted by atomic mass is 127. The van der Waals surface area contributed by atoms with E-state index >= 15 is 0 Å². The van der Waals surface area contributed by atoms with Gasteiger partial charge in [0.15, 0.2) is 5.96 Å². The van der Waals surface area contributed by atoms with Crippen molar-refractivity contribution in [1.82, 2.24) is 16.0 Å². The van der Waals surface area contributed by atoms with E-state index in [1.807, 2.05) is 45.0 Å². The summed E-state index contributed by atoms with van der Waals surface area (Å²) in [4.78, 5) is 16.0. The van der Waals surface area contributed by atoms with E-state index in [4.69, 9.17) is 11.6 Å². The minimum absolute atomic E-state index is 0. The smallest absolute Gasteiger partial charge is 0.222 e. The fourth-order valence-electron chi connectivity index (χ4n) is 2.02. The first-order valence-electron chi connectivity index (χ1n) is 8.07. The Balaban J connectivity index is 0.00000529. The van der Waals surface area contributed by atoms with Crippen molar-refractivity contribution in [2.45, 2.75) is 39.7 Å². The molecule has 0 aliphatic heterocycles. The van der Waals surface area contributed by atoms with Crippen molar-refractivity contribution in [2.75, 3.05) is 19.6 Å². The third kappa shape index (κ3) is 9.97. The predicted octanol–water partition coefficient (Wildman–Crippen LogP) is 2.97. The molecule has 1 aromatic rings. The maximum atomic E-state index is 11.6. The first-order valence-corrected chi connectivity index (χ1v) is 8.45. The van der Waals surface area contributed by atoms with Crippen LogP contribution in [0.4, 0.5) is 0 Å². The Bertz CT molecular complexity index is 523. The van der Waals surface area contributed by atoms with Gasteiger partial charge >= 0.3 is 0 Å². The lowest BCUT2D eigenvalue weighted by Gasteiger charge is -2.12. The molecule has 0 aliphatic carbocycles. The van der Waals surface area contributed by atoms with Crippen LogP contribution in [0.25, 0.3) is 0 Å². The molecule has 0 radical (unpaired) electrons. The number of rotatable bonds is 8. The average Bonchev–Trinajstić information content (AvgIpc) is 2.48. The van der Waals surface area contributed by atoms with E-state index in [1.165, 1.54) is 0 Å². The van der Waals surface area contributed by atoms with Gasteiger partial charge in [0.1, 0.15) is 0 Å². The molecule has 1 amide bonds. The Morgan fingerprint density at radius 1 is 1.25 bits per heavy atom. The zero-order valence-electron chi connectivity index (χ0n) is 14.6. The summed E-state index contributed by atoms with van der Waals surface area (Å²) in [6, 6.07) is 7.97. The van der Waals surface area contributed by atoms with Crippen LogP contribution in [-0.4, -0.2) is 37.5 Å². The fraction of sp³-hybridized carbons (Fsp3) is 0.529. The van der Waals surface area contributed by atoms with Crippen molar-refractivity contribution >= 4 is 47.4 Å². The molecule has 0 unspecified atom stereocenters. The van der Waals surface area contributed by atoms with Crippen LogP contribution in [0.2, 0.25) is 5.02 Å². The first-order chi connectivity index (χ1) is 11.0. The van der Waals surface area contributed by atoms with Gasteiger partial charge in [0, 0.05) is 30.6 Å². The van der Waals surface area contributed by atoms with Crippen molar-refractivity contribution in [3.8, 4) is 0 Å². The van der Waals surface area contributed by atoms with E-state index < -0.39 is 0 Å². The van der Waals surface area contributed by atoms with Gasteiger partial charge in [-0.2, -0.15) is 0 Å². The lowest BCUT2D eigenvalue weighted by Crippen LogP contribution is -2.38. The number of aliphatic imine (C=N–C) groups is 1. The molecular formula is C17H28ClIN4O. The van der Waals surface area contributed by atoms with Crippen molar-refractivity contribution in [1.29, 1.82) is 0 Å². The second-order valence-corrected chi connectivity index (χ2v) is 5.91. The number of amides is 1. The highest BCUT2D eigenvalue weighted by Crippen LogP contribution is 2.14. The molecule has 136 valence electrons. The van der Waals surface area contributed by atoms with Gasteiger partial charge in [0.25, 0.3) is 0 Å². The number of guanidine groups is 1. The van der Waals surface area contributed by atoms with Crippen molar-refractivity contribution in [3.63, 3.8) is 0 Å². The summed E-state index contributed by atoms with van der Waals surface area (Å²) in [5, 5.41) is 10.1. The molecule has 0 bridgehead atoms. The van der Waals surface area contributed by atoms with Gasteiger partial charge in [-0.05, 0) is 38.8 Å². The van der Waals surface area contributed by atoms with E-state index in [2.05, 4.69) is 20.9 Å². The minimum atomic E-state index is 0. The topological polar surface area (TPSA) is 65.5 Å². The van der Waals surface area contributed by atoms with E-state index in [-0.39, 0.29) is 35.9 Å². The average molecular weight is 467 g/mol. The molecule has 0 saturated heterocycles. The van der Waals surface area contributed by atoms with E-state index in [9.17, 15) is 4.79 Å². The summed E-state index contributed by atoms with van der Waals surface area (Å²) in [5.41, 5.74) is 1.11. The quantitative estimate of drug-likeness (QED) is 0.313. The molecule has 7 heteroatoms. The highest BCUT2D eigenvalue weighted by molar-refractivity contribution is 14.0. The largest absolute Gasteiger partial charge is 0.357 e. The summed E-state index contributed by atoms with van der Waals surface area (Å²) in [7, 11) is 0. The van der Waals surface area contributed by atoms with E-state index in [0.717, 1.165) is 36.1 Å². The van der Waals surface area contributed by atoms with Crippen LogP contribution < -0.4 is 16.0 Å². The zero-order valence-corrected chi connectivity index (χ0v) is 17.7. The maximum absolute atomic E-state index is 11.6. The lowest BCUT2D eigenvalue weighted by molar-refractivity contribution is -0.121. The Hall–Kier alpha value is -1.02. The number of nitrogens with one attached hydrogen (secondary N) is 3. The van der Waals surface area contributed by atoms with Crippen LogP contribution in [-0.2, 0) is 11.2 Å². The molecule has 0 heterocycles. The van der Waals surface area contributed by atoms with Crippen molar-refractivity contribution < 1.29 is 4.79 Å². The second kappa shape index (κ2) is 13.3. The molecule has 1 aromatic carbocycles. The Morgan fingerprint density at radius 3 is 2.58 bits per heavy atom. The molecule has 1 rings (SSSR count). The molecule has 3 N–H and O–H groups in total. The minimum Gasteiger partial charge on any atom is -0.357 e. The number of halogens is 2. The predicted molar refractivity (Wildman–Crippen MR) is 112 cm³/mol. The third-order valence-electron chi connectivity index (χ3n) is 3.05. The monoisotopic (exact) mass is 466 g/mol. The third-order valence-corrected chi connectivity index (χ3v) is 3.42. The number of hydrogen-bond acceptors (Lipinski definition) is 2. The molecule has 0 aliphatic rings. The van der Waals surface area contributed by atoms with Gasteiger partial charge in [-0.3, -0.25) is 9.79 Å². The number of carbonyl (C=O) groups is 1. The number of carbonyl (C=O) groups excluding carboxylic acids is 1. The first kappa shape index (κ1) is 23.0. The normalized spacial score (nSPS) is 11.0. The number of benzene rings is 1. The van der Waals surface area contributed by atoms with Gasteiger partial charge in [0.2, 0.25) is 5.91 Å². The van der Waals surface area contributed by atoms with Crippen LogP contribution in [0.5, 0.6) is 0 Å². The molecule has 0 atom stereocenters. The molecule has 0 fully saturated rings. The van der Waals surface area contributed by atoms with Gasteiger partial charge < -0.3 is 16.0 Å². The maximum Gasteiger partial charge on any atom is 0.222 e. The fourth-order valence-corrected chi connectivity index (χ4v) is 2.25. The van der Waals surface area contributed by atoms with Gasteiger partial charge in [-0.1, -0.05) is 29.8 Å². The highest BCUT2D eigenvalue weighted by Gasteiger charge is 2.04. The lowest BCUT2D eigenvalue weighted by atomic mass is 10.1. The summed E-state index contributed by atoms with van der Waals surface area (Å²) < 4.78 is 0. The van der Waals surface area contributed by atoms with Gasteiger partial charge in [-0.15, -0.1) is 24.0 Å². The van der Waals surface area contributed by atoms with Crippen LogP contribution in [0.3, 0.4) is 0 Å². The zero-order chi connectivity index (χ0) is 17.1. The number of nitrogens with zero attached hydrogens (tertiary/aromatic N) is 1. The van der Waals surface area contributed by atoms with Gasteiger partial charge in [0.05, 0.1) is 6.54 Å². The molecule has 0 aromatic heterocycles. The van der Waals surface area contributed by atoms with Crippen LogP contribution >= 0.6 is 35.6 Å². The molecule has 0 spiro atoms. The molecule has 5 nitrogen and oxygen atoms in total. The van der Waals surface area contributed by atoms with Crippen LogP contribution in [0.1, 0.15) is 32.8 Å². The summed E-state index contributed by atoms with van der Waals surface area (Å²) in [6.07, 6.45) is 1.21. The standard InChI is InChI=1S/C17H27ClN4O.HI/c1-4-19-17(21-12-10-16(23)22-13(2)3)20-11-9-14-7-5-6-8-15(14)18;/h5-8,13H,4,9-12H2,1-3H3,(H,22,23)(H2,19,20,21);1H. The summed E-state index contributed by atoms with van der Waals surface area (Å²) >= 11 is 6.14. The number of hydrogen-bond donors (Lipinski definition) is 3. The van der Waals surface area contributed by atoms with E-state index in [1.54, 1.807) is 0 Å². The summed E-state index contributed by atoms with van der Waals surface area (Å²) in [6.45, 7) is 7.86. The Morgan fingerprint density at radius 2 is 1.96 bits per heavy atom.